The smallest absolute Gasteiger partial charge is 0.296 e. The van der Waals surface area contributed by atoms with Crippen molar-refractivity contribution in [1.29, 1.82) is 0 Å². The van der Waals surface area contributed by atoms with E-state index in [-0.39, 0.29) is 11.7 Å². The number of rotatable bonds is 4. The highest BCUT2D eigenvalue weighted by molar-refractivity contribution is 7.23. The van der Waals surface area contributed by atoms with Crippen molar-refractivity contribution in [3.05, 3.63) is 77.0 Å². The summed E-state index contributed by atoms with van der Waals surface area (Å²) in [6.07, 6.45) is 4.88. The average Bonchev–Trinajstić information content (AvgIpc) is 3.33. The topological polar surface area (TPSA) is 59.2 Å². The summed E-state index contributed by atoms with van der Waals surface area (Å²) in [5.74, 6) is 0.0146. The third-order valence-corrected chi connectivity index (χ3v) is 5.52. The maximum atomic E-state index is 13.0. The summed E-state index contributed by atoms with van der Waals surface area (Å²) < 4.78 is 6.17. The summed E-state index contributed by atoms with van der Waals surface area (Å²) in [5.41, 5.74) is 2.77. The van der Waals surface area contributed by atoms with Gasteiger partial charge in [0, 0.05) is 12.4 Å². The van der Waals surface area contributed by atoms with E-state index in [2.05, 4.69) is 9.97 Å². The van der Waals surface area contributed by atoms with Crippen molar-refractivity contribution in [1.82, 2.24) is 9.97 Å². The van der Waals surface area contributed by atoms with Gasteiger partial charge in [0.1, 0.15) is 0 Å². The molecule has 3 heterocycles. The number of nitrogens with zero attached hydrogens (tertiary/aromatic N) is 3. The highest BCUT2D eigenvalue weighted by atomic mass is 35.5. The number of aromatic nitrogens is 2. The number of carbonyl (C=O) groups is 1. The fourth-order valence-corrected chi connectivity index (χ4v) is 3.95. The Bertz CT molecular complexity index is 1020. The number of pyridine rings is 1. The van der Waals surface area contributed by atoms with Crippen molar-refractivity contribution in [3.63, 3.8) is 0 Å². The zero-order chi connectivity index (χ0) is 18.1. The lowest BCUT2D eigenvalue weighted by atomic mass is 10.2. The monoisotopic (exact) mass is 383 g/mol. The lowest BCUT2D eigenvalue weighted by molar-refractivity contribution is 0.0958. The summed E-state index contributed by atoms with van der Waals surface area (Å²) in [6.45, 7) is 2.34. The molecule has 0 radical (unpaired) electrons. The van der Waals surface area contributed by atoms with Crippen molar-refractivity contribution >= 4 is 44.2 Å². The van der Waals surface area contributed by atoms with E-state index in [9.17, 15) is 4.79 Å². The zero-order valence-corrected chi connectivity index (χ0v) is 15.4. The first-order chi connectivity index (χ1) is 12.6. The van der Waals surface area contributed by atoms with Gasteiger partial charge in [-0.05, 0) is 48.4 Å². The van der Waals surface area contributed by atoms with Crippen LogP contribution in [-0.2, 0) is 6.54 Å². The molecule has 4 rings (SSSR count). The Labute approximate surface area is 158 Å². The van der Waals surface area contributed by atoms with Gasteiger partial charge in [-0.25, -0.2) is 4.98 Å². The lowest BCUT2D eigenvalue weighted by Crippen LogP contribution is -2.30. The Morgan fingerprint density at radius 1 is 1.23 bits per heavy atom. The molecule has 0 unspecified atom stereocenters. The molecule has 0 N–H and O–H groups in total. The number of halogens is 1. The number of aryl methyl sites for hydroxylation is 1. The van der Waals surface area contributed by atoms with Crippen LogP contribution in [0.2, 0.25) is 5.02 Å². The summed E-state index contributed by atoms with van der Waals surface area (Å²) in [6, 6.07) is 10.9. The quantitative estimate of drug-likeness (QED) is 0.492. The molecular formula is C19H14ClN3O2S. The summed E-state index contributed by atoms with van der Waals surface area (Å²) in [7, 11) is 0. The van der Waals surface area contributed by atoms with Crippen molar-refractivity contribution in [2.75, 3.05) is 4.90 Å². The Morgan fingerprint density at radius 2 is 2.04 bits per heavy atom. The van der Waals surface area contributed by atoms with E-state index in [1.165, 1.54) is 17.6 Å². The molecule has 0 fully saturated rings. The summed E-state index contributed by atoms with van der Waals surface area (Å²) in [5, 5.41) is 1.21. The maximum Gasteiger partial charge on any atom is 0.296 e. The van der Waals surface area contributed by atoms with E-state index in [4.69, 9.17) is 16.0 Å². The van der Waals surface area contributed by atoms with Crippen molar-refractivity contribution < 1.29 is 9.21 Å². The normalized spacial score (nSPS) is 11.0. The maximum absolute atomic E-state index is 13.0. The molecule has 0 atom stereocenters. The number of anilines is 1. The first-order valence-corrected chi connectivity index (χ1v) is 9.13. The summed E-state index contributed by atoms with van der Waals surface area (Å²) in [4.78, 5) is 23.3. The number of benzene rings is 1. The first-order valence-electron chi connectivity index (χ1n) is 7.93. The van der Waals surface area contributed by atoms with E-state index in [0.717, 1.165) is 21.3 Å². The molecule has 4 aromatic rings. The molecule has 130 valence electrons. The van der Waals surface area contributed by atoms with Crippen LogP contribution in [0.1, 0.15) is 21.7 Å². The van der Waals surface area contributed by atoms with Crippen LogP contribution in [0.3, 0.4) is 0 Å². The van der Waals surface area contributed by atoms with Crippen molar-refractivity contribution in [2.45, 2.75) is 13.5 Å². The fraction of sp³-hybridized carbons (Fsp3) is 0.105. The van der Waals surface area contributed by atoms with Crippen LogP contribution in [0.15, 0.2) is 59.5 Å². The van der Waals surface area contributed by atoms with E-state index < -0.39 is 0 Å². The molecule has 1 amide bonds. The van der Waals surface area contributed by atoms with Gasteiger partial charge in [-0.3, -0.25) is 14.7 Å². The minimum atomic E-state index is -0.250. The Balaban J connectivity index is 1.81. The largest absolute Gasteiger partial charge is 0.459 e. The van der Waals surface area contributed by atoms with Gasteiger partial charge in [0.25, 0.3) is 5.91 Å². The minimum Gasteiger partial charge on any atom is -0.459 e. The van der Waals surface area contributed by atoms with E-state index in [0.29, 0.717) is 16.7 Å². The predicted octanol–water partition coefficient (Wildman–Crippen LogP) is 5.09. The average molecular weight is 384 g/mol. The molecule has 0 aliphatic rings. The second-order valence-corrected chi connectivity index (χ2v) is 7.15. The highest BCUT2D eigenvalue weighted by Crippen LogP contribution is 2.36. The minimum absolute atomic E-state index is 0.250. The number of hydrogen-bond donors (Lipinski definition) is 0. The van der Waals surface area contributed by atoms with Crippen molar-refractivity contribution in [2.24, 2.45) is 0 Å². The third kappa shape index (κ3) is 3.09. The number of thiazole rings is 1. The van der Waals surface area contributed by atoms with Gasteiger partial charge < -0.3 is 4.42 Å². The zero-order valence-electron chi connectivity index (χ0n) is 13.8. The second kappa shape index (κ2) is 6.90. The number of amides is 1. The number of carbonyl (C=O) groups excluding carboxylic acids is 1. The second-order valence-electron chi connectivity index (χ2n) is 5.76. The van der Waals surface area contributed by atoms with E-state index in [1.807, 2.05) is 31.2 Å². The standard InChI is InChI=1S/C19H14ClN3O2S/c1-12-4-5-14(20)17-16(12)22-19(26-17)23(11-13-6-8-21-9-7-13)18(24)15-3-2-10-25-15/h2-10H,11H2,1H3. The number of fused-ring (bicyclic) bond motifs is 1. The Kier molecular flexibility index (Phi) is 4.44. The summed E-state index contributed by atoms with van der Waals surface area (Å²) >= 11 is 7.72. The van der Waals surface area contributed by atoms with Crippen molar-refractivity contribution in [3.8, 4) is 0 Å². The van der Waals surface area contributed by atoms with Crippen LogP contribution in [-0.4, -0.2) is 15.9 Å². The molecule has 7 heteroatoms. The molecule has 5 nitrogen and oxygen atoms in total. The van der Waals surface area contributed by atoms with Gasteiger partial charge >= 0.3 is 0 Å². The van der Waals surface area contributed by atoms with Gasteiger partial charge in [-0.2, -0.15) is 0 Å². The molecular weight excluding hydrogens is 370 g/mol. The molecule has 0 spiro atoms. The molecule has 3 aromatic heterocycles. The number of furan rings is 1. The molecule has 0 aliphatic heterocycles. The van der Waals surface area contributed by atoms with E-state index >= 15 is 0 Å². The predicted molar refractivity (Wildman–Crippen MR) is 103 cm³/mol. The van der Waals surface area contributed by atoms with Crippen LogP contribution < -0.4 is 4.90 Å². The van der Waals surface area contributed by atoms with Crippen LogP contribution >= 0.6 is 22.9 Å². The van der Waals surface area contributed by atoms with E-state index in [1.54, 1.807) is 29.4 Å². The molecule has 0 bridgehead atoms. The molecule has 0 saturated carbocycles. The molecule has 26 heavy (non-hydrogen) atoms. The SMILES string of the molecule is Cc1ccc(Cl)c2sc(N(Cc3ccncc3)C(=O)c3ccco3)nc12. The van der Waals surface area contributed by atoms with Gasteiger partial charge in [-0.15, -0.1) is 0 Å². The van der Waals surface area contributed by atoms with Crippen LogP contribution in [0.4, 0.5) is 5.13 Å². The van der Waals surface area contributed by atoms with Crippen LogP contribution in [0.5, 0.6) is 0 Å². The third-order valence-electron chi connectivity index (χ3n) is 3.98. The fourth-order valence-electron chi connectivity index (χ4n) is 2.64. The molecule has 0 aliphatic carbocycles. The van der Waals surface area contributed by atoms with Gasteiger partial charge in [-0.1, -0.05) is 29.0 Å². The highest BCUT2D eigenvalue weighted by Gasteiger charge is 2.24. The molecule has 1 aromatic carbocycles. The van der Waals surface area contributed by atoms with Gasteiger partial charge in [0.05, 0.1) is 28.0 Å². The first kappa shape index (κ1) is 16.8. The Morgan fingerprint density at radius 3 is 2.73 bits per heavy atom. The van der Waals surface area contributed by atoms with Gasteiger partial charge in [0.2, 0.25) is 0 Å². The van der Waals surface area contributed by atoms with Crippen LogP contribution in [0, 0.1) is 6.92 Å². The van der Waals surface area contributed by atoms with Gasteiger partial charge in [0.15, 0.2) is 10.9 Å². The number of hydrogen-bond acceptors (Lipinski definition) is 5. The lowest BCUT2D eigenvalue weighted by Gasteiger charge is -2.18. The molecule has 0 saturated heterocycles. The Hall–Kier alpha value is -2.70. The van der Waals surface area contributed by atoms with Crippen LogP contribution in [0.25, 0.3) is 10.2 Å².